The first-order valence-corrected chi connectivity index (χ1v) is 5.53. The number of nitrogens with zero attached hydrogens (tertiary/aromatic N) is 1. The van der Waals surface area contributed by atoms with E-state index in [2.05, 4.69) is 0 Å². The molecule has 1 aromatic rings. The molecule has 3 N–H and O–H groups in total. The highest BCUT2D eigenvalue weighted by Crippen LogP contribution is 2.26. The van der Waals surface area contributed by atoms with Crippen LogP contribution in [0.15, 0.2) is 18.2 Å². The molecule has 0 aromatic heterocycles. The predicted molar refractivity (Wildman–Crippen MR) is 63.9 cm³/mol. The van der Waals surface area contributed by atoms with Gasteiger partial charge in [0, 0.05) is 13.1 Å². The molecule has 0 saturated carbocycles. The van der Waals surface area contributed by atoms with Gasteiger partial charge in [-0.25, -0.2) is 0 Å². The molecule has 1 aliphatic rings. The number of methoxy groups -OCH3 is 1. The van der Waals surface area contributed by atoms with Gasteiger partial charge in [-0.2, -0.15) is 0 Å². The minimum Gasteiger partial charge on any atom is -0.495 e. The summed E-state index contributed by atoms with van der Waals surface area (Å²) < 4.78 is 5.07. The molecule has 0 bridgehead atoms. The second-order valence-corrected chi connectivity index (χ2v) is 4.12. The molecule has 5 nitrogen and oxygen atoms in total. The van der Waals surface area contributed by atoms with Crippen LogP contribution in [0.25, 0.3) is 0 Å². The molecule has 1 heterocycles. The summed E-state index contributed by atoms with van der Waals surface area (Å²) >= 11 is 0. The molecule has 1 aromatic carbocycles. The second-order valence-electron chi connectivity index (χ2n) is 4.12. The van der Waals surface area contributed by atoms with Gasteiger partial charge in [0.05, 0.1) is 24.5 Å². The lowest BCUT2D eigenvalue weighted by Crippen LogP contribution is -2.30. The third kappa shape index (κ3) is 2.19. The van der Waals surface area contributed by atoms with Crippen LogP contribution in [0.5, 0.6) is 5.75 Å². The number of hydrogen-bond donors (Lipinski definition) is 2. The third-order valence-electron chi connectivity index (χ3n) is 2.97. The maximum atomic E-state index is 12.2. The van der Waals surface area contributed by atoms with Crippen molar-refractivity contribution in [2.24, 2.45) is 0 Å². The number of likely N-dealkylation sites (tertiary alicyclic amines) is 1. The molecule has 5 heteroatoms. The van der Waals surface area contributed by atoms with Crippen LogP contribution < -0.4 is 10.5 Å². The number of nitrogens with two attached hydrogens (primary N) is 1. The summed E-state index contributed by atoms with van der Waals surface area (Å²) in [6, 6.07) is 5.12. The van der Waals surface area contributed by atoms with Crippen LogP contribution in [-0.2, 0) is 0 Å². The smallest absolute Gasteiger partial charge is 0.256 e. The number of hydrogen-bond acceptors (Lipinski definition) is 4. The molecule has 1 saturated heterocycles. The van der Waals surface area contributed by atoms with E-state index in [0.717, 1.165) is 0 Å². The van der Waals surface area contributed by atoms with Crippen LogP contribution in [-0.4, -0.2) is 42.2 Å². The normalized spacial score (nSPS) is 19.4. The van der Waals surface area contributed by atoms with E-state index in [0.29, 0.717) is 36.5 Å². The molecule has 1 amide bonds. The van der Waals surface area contributed by atoms with E-state index in [9.17, 15) is 9.90 Å². The Morgan fingerprint density at radius 2 is 2.35 bits per heavy atom. The highest BCUT2D eigenvalue weighted by molar-refractivity contribution is 6.00. The molecule has 0 radical (unpaired) electrons. The van der Waals surface area contributed by atoms with Gasteiger partial charge in [0.25, 0.3) is 5.91 Å². The number of β-amino-alcohol motifs (C(OH)–C–C–N with tert-alkyl or cyclic N) is 1. The van der Waals surface area contributed by atoms with Gasteiger partial charge in [-0.05, 0) is 18.6 Å². The number of carbonyl (C=O) groups is 1. The van der Waals surface area contributed by atoms with Gasteiger partial charge in [0.15, 0.2) is 0 Å². The summed E-state index contributed by atoms with van der Waals surface area (Å²) in [4.78, 5) is 13.8. The van der Waals surface area contributed by atoms with Crippen LogP contribution >= 0.6 is 0 Å². The molecular weight excluding hydrogens is 220 g/mol. The van der Waals surface area contributed by atoms with Gasteiger partial charge in [-0.3, -0.25) is 4.79 Å². The number of benzene rings is 1. The number of nitrogen functional groups attached to an aromatic ring is 1. The molecule has 1 atom stereocenters. The van der Waals surface area contributed by atoms with Crippen molar-refractivity contribution < 1.29 is 14.6 Å². The molecule has 1 aliphatic heterocycles. The summed E-state index contributed by atoms with van der Waals surface area (Å²) in [6.07, 6.45) is 0.195. The SMILES string of the molecule is COc1cccc(C(=O)N2CC[C@@H](O)C2)c1N. The van der Waals surface area contributed by atoms with Crippen molar-refractivity contribution in [2.75, 3.05) is 25.9 Å². The van der Waals surface area contributed by atoms with Gasteiger partial charge in [0.1, 0.15) is 5.75 Å². The lowest BCUT2D eigenvalue weighted by atomic mass is 10.1. The summed E-state index contributed by atoms with van der Waals surface area (Å²) in [5, 5.41) is 9.42. The first-order valence-electron chi connectivity index (χ1n) is 5.53. The summed E-state index contributed by atoms with van der Waals surface area (Å²) in [5.41, 5.74) is 6.64. The third-order valence-corrected chi connectivity index (χ3v) is 2.97. The molecule has 2 rings (SSSR count). The van der Waals surface area contributed by atoms with Gasteiger partial charge in [0.2, 0.25) is 0 Å². The molecule has 0 spiro atoms. The Morgan fingerprint density at radius 3 is 2.94 bits per heavy atom. The maximum absolute atomic E-state index is 12.2. The van der Waals surface area contributed by atoms with Crippen molar-refractivity contribution in [3.8, 4) is 5.75 Å². The van der Waals surface area contributed by atoms with Gasteiger partial charge >= 0.3 is 0 Å². The quantitative estimate of drug-likeness (QED) is 0.732. The largest absolute Gasteiger partial charge is 0.495 e. The molecule has 1 fully saturated rings. The van der Waals surface area contributed by atoms with Gasteiger partial charge < -0.3 is 20.5 Å². The van der Waals surface area contributed by atoms with Crippen LogP contribution in [0.2, 0.25) is 0 Å². The molecule has 0 unspecified atom stereocenters. The number of ether oxygens (including phenoxy) is 1. The topological polar surface area (TPSA) is 75.8 Å². The van der Waals surface area contributed by atoms with Crippen LogP contribution in [0, 0.1) is 0 Å². The van der Waals surface area contributed by atoms with Crippen molar-refractivity contribution in [2.45, 2.75) is 12.5 Å². The zero-order chi connectivity index (χ0) is 12.4. The Hall–Kier alpha value is -1.75. The number of para-hydroxylation sites is 1. The monoisotopic (exact) mass is 236 g/mol. The van der Waals surface area contributed by atoms with Crippen molar-refractivity contribution in [1.29, 1.82) is 0 Å². The Labute approximate surface area is 99.8 Å². The standard InChI is InChI=1S/C12H16N2O3/c1-17-10-4-2-3-9(11(10)13)12(16)14-6-5-8(15)7-14/h2-4,8,15H,5-7,13H2,1H3/t8-/m1/s1. The first kappa shape index (κ1) is 11.7. The number of amides is 1. The Kier molecular flexibility index (Phi) is 3.19. The highest BCUT2D eigenvalue weighted by atomic mass is 16.5. The van der Waals surface area contributed by atoms with Crippen molar-refractivity contribution in [3.05, 3.63) is 23.8 Å². The summed E-state index contributed by atoms with van der Waals surface area (Å²) in [5.74, 6) is 0.341. The average molecular weight is 236 g/mol. The van der Waals surface area contributed by atoms with Gasteiger partial charge in [-0.1, -0.05) is 6.07 Å². The van der Waals surface area contributed by atoms with E-state index >= 15 is 0 Å². The fraction of sp³-hybridized carbons (Fsp3) is 0.417. The summed E-state index contributed by atoms with van der Waals surface area (Å²) in [7, 11) is 1.51. The minimum atomic E-state index is -0.425. The molecule has 0 aliphatic carbocycles. The lowest BCUT2D eigenvalue weighted by molar-refractivity contribution is 0.0765. The molecule has 17 heavy (non-hydrogen) atoms. The van der Waals surface area contributed by atoms with Crippen molar-refractivity contribution in [3.63, 3.8) is 0 Å². The zero-order valence-corrected chi connectivity index (χ0v) is 9.72. The highest BCUT2D eigenvalue weighted by Gasteiger charge is 2.26. The Morgan fingerprint density at radius 1 is 1.59 bits per heavy atom. The first-order chi connectivity index (χ1) is 8.13. The van der Waals surface area contributed by atoms with Crippen molar-refractivity contribution >= 4 is 11.6 Å². The molecular formula is C12H16N2O3. The van der Waals surface area contributed by atoms with Crippen LogP contribution in [0.4, 0.5) is 5.69 Å². The zero-order valence-electron chi connectivity index (χ0n) is 9.72. The Bertz CT molecular complexity index is 434. The minimum absolute atomic E-state index is 0.155. The number of anilines is 1. The fourth-order valence-electron chi connectivity index (χ4n) is 2.01. The van der Waals surface area contributed by atoms with Crippen LogP contribution in [0.1, 0.15) is 16.8 Å². The average Bonchev–Trinajstić information content (AvgIpc) is 2.75. The number of rotatable bonds is 2. The van der Waals surface area contributed by atoms with Crippen molar-refractivity contribution in [1.82, 2.24) is 4.90 Å². The lowest BCUT2D eigenvalue weighted by Gasteiger charge is -2.17. The Balaban J connectivity index is 2.25. The number of aliphatic hydroxyl groups is 1. The second kappa shape index (κ2) is 4.63. The van der Waals surface area contributed by atoms with Gasteiger partial charge in [-0.15, -0.1) is 0 Å². The van der Waals surface area contributed by atoms with E-state index in [-0.39, 0.29) is 5.91 Å². The van der Waals surface area contributed by atoms with E-state index in [1.54, 1.807) is 23.1 Å². The number of aliphatic hydroxyl groups excluding tert-OH is 1. The van der Waals surface area contributed by atoms with E-state index in [4.69, 9.17) is 10.5 Å². The van der Waals surface area contributed by atoms with Crippen LogP contribution in [0.3, 0.4) is 0 Å². The van der Waals surface area contributed by atoms with E-state index in [1.807, 2.05) is 0 Å². The number of carbonyl (C=O) groups excluding carboxylic acids is 1. The van der Waals surface area contributed by atoms with E-state index < -0.39 is 6.10 Å². The summed E-state index contributed by atoms with van der Waals surface area (Å²) in [6.45, 7) is 0.937. The predicted octanol–water partition coefficient (Wildman–Crippen LogP) is 0.484. The fourth-order valence-corrected chi connectivity index (χ4v) is 2.01. The van der Waals surface area contributed by atoms with E-state index in [1.165, 1.54) is 7.11 Å². The molecule has 92 valence electrons. The maximum Gasteiger partial charge on any atom is 0.256 e.